The van der Waals surface area contributed by atoms with E-state index in [9.17, 15) is 0 Å². The number of nitrogens with zero attached hydrogens (tertiary/aromatic N) is 3. The molecular weight excluding hydrogens is 280 g/mol. The van der Waals surface area contributed by atoms with Gasteiger partial charge < -0.3 is 14.5 Å². The summed E-state index contributed by atoms with van der Waals surface area (Å²) in [5.74, 6) is 0. The van der Waals surface area contributed by atoms with Gasteiger partial charge in [0.1, 0.15) is 0 Å². The number of rotatable bonds is 6. The fourth-order valence-electron chi connectivity index (χ4n) is 2.21. The number of fused-ring (bicyclic) bond motifs is 1. The Morgan fingerprint density at radius 3 is 2.89 bits per heavy atom. The molecule has 2 aromatic heterocycles. The summed E-state index contributed by atoms with van der Waals surface area (Å²) < 4.78 is 2.75. The maximum absolute atomic E-state index is 5.94. The molecule has 0 spiro atoms. The third-order valence-corrected chi connectivity index (χ3v) is 3.73. The summed E-state index contributed by atoms with van der Waals surface area (Å²) in [5.41, 5.74) is 1.78. The maximum atomic E-state index is 5.94. The van der Waals surface area contributed by atoms with Crippen LogP contribution in [0.1, 0.15) is 20.3 Å². The molecule has 0 atom stereocenters. The summed E-state index contributed by atoms with van der Waals surface area (Å²) in [4.78, 5) is 9.93. The van der Waals surface area contributed by atoms with Crippen molar-refractivity contribution in [1.82, 2.24) is 19.4 Å². The third-order valence-electron chi connectivity index (χ3n) is 3.20. The summed E-state index contributed by atoms with van der Waals surface area (Å²) in [7, 11) is 0. The second-order valence-corrected chi connectivity index (χ2v) is 5.36. The lowest BCUT2D eigenvalue weighted by molar-refractivity contribution is 0.277. The number of aromatic amines is 1. The molecule has 104 valence electrons. The van der Waals surface area contributed by atoms with Gasteiger partial charge in [-0.05, 0) is 37.8 Å². The number of imidazole rings is 1. The monoisotopic (exact) mass is 298 g/mol. The van der Waals surface area contributed by atoms with Crippen LogP contribution in [0, 0.1) is 4.77 Å². The van der Waals surface area contributed by atoms with Crippen LogP contribution in [0.25, 0.3) is 11.2 Å². The summed E-state index contributed by atoms with van der Waals surface area (Å²) in [5, 5.41) is 0.622. The van der Waals surface area contributed by atoms with E-state index in [1.54, 1.807) is 6.20 Å². The van der Waals surface area contributed by atoms with Crippen LogP contribution in [0.4, 0.5) is 0 Å². The van der Waals surface area contributed by atoms with Gasteiger partial charge in [-0.2, -0.15) is 0 Å². The Balaban J connectivity index is 2.20. The maximum Gasteiger partial charge on any atom is 0.179 e. The van der Waals surface area contributed by atoms with Gasteiger partial charge in [0, 0.05) is 19.3 Å². The second kappa shape index (κ2) is 6.50. The van der Waals surface area contributed by atoms with Gasteiger partial charge in [-0.25, -0.2) is 4.98 Å². The summed E-state index contributed by atoms with van der Waals surface area (Å²) in [6.45, 7) is 8.39. The molecule has 2 rings (SSSR count). The van der Waals surface area contributed by atoms with Crippen LogP contribution in [0.15, 0.2) is 12.3 Å². The van der Waals surface area contributed by atoms with Crippen molar-refractivity contribution >= 4 is 35.0 Å². The number of hydrogen-bond acceptors (Lipinski definition) is 3. The quantitative estimate of drug-likeness (QED) is 0.830. The summed E-state index contributed by atoms with van der Waals surface area (Å²) >= 11 is 11.3. The van der Waals surface area contributed by atoms with Gasteiger partial charge in [-0.15, -0.1) is 0 Å². The molecule has 0 aliphatic carbocycles. The van der Waals surface area contributed by atoms with Gasteiger partial charge >= 0.3 is 0 Å². The minimum absolute atomic E-state index is 0.622. The minimum Gasteiger partial charge on any atom is -0.329 e. The SMILES string of the molecule is CCCN(CC)CCn1c(=S)[nH]c2cc(Cl)cnc21. The van der Waals surface area contributed by atoms with Gasteiger partial charge in [0.2, 0.25) is 0 Å². The van der Waals surface area contributed by atoms with Crippen LogP contribution in [0.2, 0.25) is 5.02 Å². The number of likely N-dealkylation sites (N-methyl/N-ethyl adjacent to an activating group) is 1. The van der Waals surface area contributed by atoms with Crippen LogP contribution < -0.4 is 0 Å². The molecule has 1 N–H and O–H groups in total. The lowest BCUT2D eigenvalue weighted by Gasteiger charge is -2.19. The van der Waals surface area contributed by atoms with Crippen molar-refractivity contribution in [2.45, 2.75) is 26.8 Å². The average Bonchev–Trinajstić information content (AvgIpc) is 2.69. The standard InChI is InChI=1S/C13H19ClN4S/c1-3-5-17(4-2)6-7-18-12-11(16-13(18)19)8-10(14)9-15-12/h8-9H,3-7H2,1-2H3,(H,16,19). The van der Waals surface area contributed by atoms with Crippen LogP contribution in [0.5, 0.6) is 0 Å². The molecule has 0 aliphatic heterocycles. The van der Waals surface area contributed by atoms with Crippen LogP contribution >= 0.6 is 23.8 Å². The number of aromatic nitrogens is 3. The molecule has 0 bridgehead atoms. The zero-order valence-corrected chi connectivity index (χ0v) is 12.9. The van der Waals surface area contributed by atoms with E-state index >= 15 is 0 Å². The molecule has 6 heteroatoms. The highest BCUT2D eigenvalue weighted by atomic mass is 35.5. The van der Waals surface area contributed by atoms with Crippen molar-refractivity contribution < 1.29 is 0 Å². The van der Waals surface area contributed by atoms with E-state index in [0.29, 0.717) is 9.79 Å². The Kier molecular flexibility index (Phi) is 4.96. The zero-order valence-electron chi connectivity index (χ0n) is 11.3. The predicted octanol–water partition coefficient (Wildman–Crippen LogP) is 3.48. The molecule has 0 unspecified atom stereocenters. The van der Waals surface area contributed by atoms with E-state index in [1.165, 1.54) is 6.42 Å². The van der Waals surface area contributed by atoms with Gasteiger partial charge in [0.15, 0.2) is 10.4 Å². The molecular formula is C13H19ClN4S. The van der Waals surface area contributed by atoms with E-state index in [0.717, 1.165) is 37.3 Å². The van der Waals surface area contributed by atoms with Crippen LogP contribution in [-0.2, 0) is 6.54 Å². The Hall–Kier alpha value is -0.910. The first-order chi connectivity index (χ1) is 9.15. The molecule has 0 radical (unpaired) electrons. The first-order valence-corrected chi connectivity index (χ1v) is 7.40. The van der Waals surface area contributed by atoms with Crippen molar-refractivity contribution in [2.75, 3.05) is 19.6 Å². The smallest absolute Gasteiger partial charge is 0.179 e. The van der Waals surface area contributed by atoms with E-state index < -0.39 is 0 Å². The Morgan fingerprint density at radius 2 is 2.21 bits per heavy atom. The normalized spacial score (nSPS) is 11.6. The first kappa shape index (κ1) is 14.5. The molecule has 0 saturated carbocycles. The molecule has 0 amide bonds. The van der Waals surface area contributed by atoms with Gasteiger partial charge in [-0.1, -0.05) is 25.4 Å². The number of hydrogen-bond donors (Lipinski definition) is 1. The lowest BCUT2D eigenvalue weighted by Crippen LogP contribution is -2.28. The topological polar surface area (TPSA) is 36.9 Å². The minimum atomic E-state index is 0.622. The van der Waals surface area contributed by atoms with E-state index in [-0.39, 0.29) is 0 Å². The number of H-pyrrole nitrogens is 1. The highest BCUT2D eigenvalue weighted by Crippen LogP contribution is 2.16. The molecule has 4 nitrogen and oxygen atoms in total. The first-order valence-electron chi connectivity index (χ1n) is 6.62. The molecule has 0 saturated heterocycles. The van der Waals surface area contributed by atoms with Crippen molar-refractivity contribution in [1.29, 1.82) is 0 Å². The van der Waals surface area contributed by atoms with Crippen molar-refractivity contribution in [2.24, 2.45) is 0 Å². The largest absolute Gasteiger partial charge is 0.329 e. The number of pyridine rings is 1. The fourth-order valence-corrected chi connectivity index (χ4v) is 2.66. The molecule has 2 heterocycles. The van der Waals surface area contributed by atoms with E-state index in [4.69, 9.17) is 23.8 Å². The molecule has 0 fully saturated rings. The van der Waals surface area contributed by atoms with Crippen molar-refractivity contribution in [3.8, 4) is 0 Å². The fraction of sp³-hybridized carbons (Fsp3) is 0.538. The van der Waals surface area contributed by atoms with E-state index in [2.05, 4.69) is 28.7 Å². The molecule has 19 heavy (non-hydrogen) atoms. The van der Waals surface area contributed by atoms with Crippen LogP contribution in [-0.4, -0.2) is 39.1 Å². The van der Waals surface area contributed by atoms with Crippen molar-refractivity contribution in [3.05, 3.63) is 22.1 Å². The summed E-state index contributed by atoms with van der Waals surface area (Å²) in [6.07, 6.45) is 2.83. The highest BCUT2D eigenvalue weighted by molar-refractivity contribution is 7.71. The third kappa shape index (κ3) is 3.35. The number of halogens is 1. The summed E-state index contributed by atoms with van der Waals surface area (Å²) in [6, 6.07) is 1.86. The average molecular weight is 299 g/mol. The van der Waals surface area contributed by atoms with E-state index in [1.807, 2.05) is 10.6 Å². The van der Waals surface area contributed by atoms with Gasteiger partial charge in [-0.3, -0.25) is 0 Å². The molecule has 2 aromatic rings. The number of nitrogens with one attached hydrogen (secondary N) is 1. The van der Waals surface area contributed by atoms with Crippen molar-refractivity contribution in [3.63, 3.8) is 0 Å². The highest BCUT2D eigenvalue weighted by Gasteiger charge is 2.08. The molecule has 0 aliphatic rings. The Morgan fingerprint density at radius 1 is 1.42 bits per heavy atom. The predicted molar refractivity (Wildman–Crippen MR) is 82.3 cm³/mol. The second-order valence-electron chi connectivity index (χ2n) is 4.54. The Bertz CT molecular complexity index is 604. The Labute approximate surface area is 123 Å². The van der Waals surface area contributed by atoms with Crippen LogP contribution in [0.3, 0.4) is 0 Å². The lowest BCUT2D eigenvalue weighted by atomic mass is 10.4. The molecule has 0 aromatic carbocycles. The van der Waals surface area contributed by atoms with Gasteiger partial charge in [0.05, 0.1) is 10.5 Å². The zero-order chi connectivity index (χ0) is 13.8. The van der Waals surface area contributed by atoms with Gasteiger partial charge in [0.25, 0.3) is 0 Å².